The Labute approximate surface area is 140 Å². The Morgan fingerprint density at radius 2 is 1.92 bits per heavy atom. The average molecular weight is 324 g/mol. The Hall–Kier alpha value is -2.69. The molecule has 0 radical (unpaired) electrons. The van der Waals surface area contributed by atoms with Crippen LogP contribution in [0, 0.1) is 19.8 Å². The second-order valence-electron chi connectivity index (χ2n) is 6.61. The molecule has 1 atom stereocenters. The number of hydrogen-bond acceptors (Lipinski definition) is 3. The second-order valence-corrected chi connectivity index (χ2v) is 6.61. The average Bonchev–Trinajstić information content (AvgIpc) is 2.50. The zero-order chi connectivity index (χ0) is 17.4. The first-order chi connectivity index (χ1) is 11.3. The number of amides is 1. The van der Waals surface area contributed by atoms with Crippen LogP contribution in [-0.2, 0) is 6.42 Å². The second kappa shape index (κ2) is 6.07. The standard InChI is InChI=1S/C19H20N2O3/c1-10-4-5-12(3)15(6-10)20-18(23)14-9-13-16(21-19(14)24)7-11(2)8-17(13)22/h4-6,9,11H,7-8H2,1-3H3,(H,20,23)(H,21,24). The van der Waals surface area contributed by atoms with Crippen LogP contribution in [0.5, 0.6) is 0 Å². The molecule has 1 unspecified atom stereocenters. The van der Waals surface area contributed by atoms with Crippen LogP contribution >= 0.6 is 0 Å². The lowest BCUT2D eigenvalue weighted by Gasteiger charge is -2.20. The predicted octanol–water partition coefficient (Wildman–Crippen LogP) is 3.01. The summed E-state index contributed by atoms with van der Waals surface area (Å²) in [5.74, 6) is -0.324. The van der Waals surface area contributed by atoms with E-state index in [1.807, 2.05) is 39.0 Å². The highest BCUT2D eigenvalue weighted by Crippen LogP contribution is 2.24. The van der Waals surface area contributed by atoms with Gasteiger partial charge in [-0.1, -0.05) is 19.1 Å². The molecule has 0 bridgehead atoms. The number of aromatic nitrogens is 1. The van der Waals surface area contributed by atoms with Crippen molar-refractivity contribution < 1.29 is 9.59 Å². The van der Waals surface area contributed by atoms with Gasteiger partial charge in [0.15, 0.2) is 5.78 Å². The van der Waals surface area contributed by atoms with E-state index in [2.05, 4.69) is 10.3 Å². The van der Waals surface area contributed by atoms with Crippen LogP contribution in [-0.4, -0.2) is 16.7 Å². The van der Waals surface area contributed by atoms with Crippen molar-refractivity contribution >= 4 is 17.4 Å². The Morgan fingerprint density at radius 3 is 2.67 bits per heavy atom. The van der Waals surface area contributed by atoms with E-state index in [0.717, 1.165) is 11.1 Å². The molecule has 1 aliphatic carbocycles. The van der Waals surface area contributed by atoms with Gasteiger partial charge >= 0.3 is 0 Å². The molecule has 5 nitrogen and oxygen atoms in total. The minimum Gasteiger partial charge on any atom is -0.325 e. The van der Waals surface area contributed by atoms with Gasteiger partial charge in [0.25, 0.3) is 11.5 Å². The number of anilines is 1. The van der Waals surface area contributed by atoms with Gasteiger partial charge in [0.05, 0.1) is 0 Å². The molecule has 5 heteroatoms. The van der Waals surface area contributed by atoms with Gasteiger partial charge in [-0.3, -0.25) is 14.4 Å². The molecule has 0 saturated carbocycles. The molecular formula is C19H20N2O3. The summed E-state index contributed by atoms with van der Waals surface area (Å²) in [5, 5.41) is 2.77. The predicted molar refractivity (Wildman–Crippen MR) is 92.7 cm³/mol. The van der Waals surface area contributed by atoms with Gasteiger partial charge in [0.2, 0.25) is 0 Å². The van der Waals surface area contributed by atoms with Crippen molar-refractivity contribution in [3.8, 4) is 0 Å². The van der Waals surface area contributed by atoms with E-state index in [1.54, 1.807) is 0 Å². The fourth-order valence-electron chi connectivity index (χ4n) is 3.05. The molecule has 1 heterocycles. The smallest absolute Gasteiger partial charge is 0.261 e. The largest absolute Gasteiger partial charge is 0.325 e. The lowest BCUT2D eigenvalue weighted by molar-refractivity contribution is 0.0952. The number of H-pyrrole nitrogens is 1. The first kappa shape index (κ1) is 16.2. The van der Waals surface area contributed by atoms with E-state index in [0.29, 0.717) is 29.8 Å². The van der Waals surface area contributed by atoms with Crippen LogP contribution in [0.25, 0.3) is 0 Å². The van der Waals surface area contributed by atoms with E-state index in [4.69, 9.17) is 0 Å². The molecule has 0 spiro atoms. The van der Waals surface area contributed by atoms with Gasteiger partial charge in [0, 0.05) is 23.4 Å². The Kier molecular flexibility index (Phi) is 4.09. The molecule has 24 heavy (non-hydrogen) atoms. The van der Waals surface area contributed by atoms with E-state index in [-0.39, 0.29) is 17.3 Å². The van der Waals surface area contributed by atoms with Gasteiger partial charge < -0.3 is 10.3 Å². The summed E-state index contributed by atoms with van der Waals surface area (Å²) in [6.45, 7) is 5.79. The van der Waals surface area contributed by atoms with E-state index in [1.165, 1.54) is 6.07 Å². The van der Waals surface area contributed by atoms with Crippen LogP contribution in [0.15, 0.2) is 29.1 Å². The third-order valence-corrected chi connectivity index (χ3v) is 4.40. The highest BCUT2D eigenvalue weighted by molar-refractivity contribution is 6.07. The summed E-state index contributed by atoms with van der Waals surface area (Å²) in [6.07, 6.45) is 1.09. The SMILES string of the molecule is Cc1ccc(C)c(NC(=O)c2cc3c([nH]c2=O)CC(C)CC3=O)c1. The first-order valence-corrected chi connectivity index (χ1v) is 8.03. The Balaban J connectivity index is 1.96. The fraction of sp³-hybridized carbons (Fsp3) is 0.316. The number of ketones is 1. The third-order valence-electron chi connectivity index (χ3n) is 4.40. The van der Waals surface area contributed by atoms with Gasteiger partial charge in [-0.25, -0.2) is 0 Å². The number of aryl methyl sites for hydroxylation is 2. The first-order valence-electron chi connectivity index (χ1n) is 8.03. The number of nitrogens with one attached hydrogen (secondary N) is 2. The van der Waals surface area contributed by atoms with Crippen molar-refractivity contribution in [3.05, 3.63) is 62.6 Å². The van der Waals surface area contributed by atoms with Crippen LogP contribution in [0.2, 0.25) is 0 Å². The molecule has 3 rings (SSSR count). The summed E-state index contributed by atoms with van der Waals surface area (Å²) >= 11 is 0. The zero-order valence-electron chi connectivity index (χ0n) is 14.0. The molecule has 2 N–H and O–H groups in total. The molecule has 1 aromatic heterocycles. The van der Waals surface area contributed by atoms with Crippen molar-refractivity contribution in [1.29, 1.82) is 0 Å². The maximum absolute atomic E-state index is 12.5. The molecule has 0 saturated heterocycles. The lowest BCUT2D eigenvalue weighted by Crippen LogP contribution is -2.29. The number of benzene rings is 1. The number of fused-ring (bicyclic) bond motifs is 1. The van der Waals surface area contributed by atoms with Gasteiger partial charge in [-0.15, -0.1) is 0 Å². The molecule has 2 aromatic rings. The summed E-state index contributed by atoms with van der Waals surface area (Å²) in [6, 6.07) is 7.15. The van der Waals surface area contributed by atoms with Crippen molar-refractivity contribution in [3.63, 3.8) is 0 Å². The fourth-order valence-corrected chi connectivity index (χ4v) is 3.05. The number of Topliss-reactive ketones (excluding diaryl/α,β-unsaturated/α-hetero) is 1. The summed E-state index contributed by atoms with van der Waals surface area (Å²) < 4.78 is 0. The Bertz CT molecular complexity index is 896. The molecular weight excluding hydrogens is 304 g/mol. The maximum atomic E-state index is 12.5. The Morgan fingerprint density at radius 1 is 1.17 bits per heavy atom. The number of carbonyl (C=O) groups is 2. The van der Waals surface area contributed by atoms with Gasteiger partial charge in [-0.2, -0.15) is 0 Å². The van der Waals surface area contributed by atoms with Crippen LogP contribution in [0.4, 0.5) is 5.69 Å². The van der Waals surface area contributed by atoms with Crippen LogP contribution in [0.1, 0.15) is 50.9 Å². The molecule has 1 aliphatic rings. The minimum atomic E-state index is -0.501. The van der Waals surface area contributed by atoms with Crippen molar-refractivity contribution in [2.24, 2.45) is 5.92 Å². The number of hydrogen-bond donors (Lipinski definition) is 2. The highest BCUT2D eigenvalue weighted by atomic mass is 16.2. The molecule has 1 amide bonds. The molecule has 1 aromatic carbocycles. The summed E-state index contributed by atoms with van der Waals surface area (Å²) in [7, 11) is 0. The van der Waals surface area contributed by atoms with E-state index >= 15 is 0 Å². The van der Waals surface area contributed by atoms with E-state index < -0.39 is 11.5 Å². The quantitative estimate of drug-likeness (QED) is 0.891. The lowest BCUT2D eigenvalue weighted by atomic mass is 9.86. The minimum absolute atomic E-state index is 0.0270. The number of rotatable bonds is 2. The topological polar surface area (TPSA) is 79.0 Å². The van der Waals surface area contributed by atoms with Gasteiger partial charge in [0.1, 0.15) is 5.56 Å². The normalized spacial score (nSPS) is 16.6. The van der Waals surface area contributed by atoms with Crippen LogP contribution < -0.4 is 10.9 Å². The van der Waals surface area contributed by atoms with Crippen LogP contribution in [0.3, 0.4) is 0 Å². The molecule has 0 aliphatic heterocycles. The van der Waals surface area contributed by atoms with E-state index in [9.17, 15) is 14.4 Å². The van der Waals surface area contributed by atoms with Crippen molar-refractivity contribution in [1.82, 2.24) is 4.98 Å². The number of carbonyl (C=O) groups excluding carboxylic acids is 2. The monoisotopic (exact) mass is 324 g/mol. The number of aromatic amines is 1. The zero-order valence-corrected chi connectivity index (χ0v) is 14.0. The van der Waals surface area contributed by atoms with Crippen molar-refractivity contribution in [2.45, 2.75) is 33.6 Å². The summed E-state index contributed by atoms with van der Waals surface area (Å²) in [5.41, 5.74) is 3.19. The highest BCUT2D eigenvalue weighted by Gasteiger charge is 2.25. The third kappa shape index (κ3) is 3.02. The molecule has 124 valence electrons. The molecule has 0 fully saturated rings. The maximum Gasteiger partial charge on any atom is 0.261 e. The van der Waals surface area contributed by atoms with Crippen molar-refractivity contribution in [2.75, 3.05) is 5.32 Å². The summed E-state index contributed by atoms with van der Waals surface area (Å²) in [4.78, 5) is 39.7. The number of pyridine rings is 1. The van der Waals surface area contributed by atoms with Gasteiger partial charge in [-0.05, 0) is 49.4 Å².